The second-order valence-electron chi connectivity index (χ2n) is 9.27. The van der Waals surface area contributed by atoms with Crippen molar-refractivity contribution in [1.82, 2.24) is 4.98 Å². The van der Waals surface area contributed by atoms with E-state index in [-0.39, 0.29) is 39.7 Å². The predicted molar refractivity (Wildman–Crippen MR) is 145 cm³/mol. The minimum Gasteiger partial charge on any atom is -0.507 e. The van der Waals surface area contributed by atoms with Crippen LogP contribution in [-0.4, -0.2) is 45.4 Å². The van der Waals surface area contributed by atoms with Crippen LogP contribution in [0, 0.1) is 17.0 Å². The number of ether oxygens (including phenoxy) is 2. The number of amides is 1. The van der Waals surface area contributed by atoms with E-state index in [1.165, 1.54) is 30.3 Å². The molecule has 0 bridgehead atoms. The highest BCUT2D eigenvalue weighted by atomic mass is 32.1. The maximum Gasteiger partial charge on any atom is 0.350 e. The summed E-state index contributed by atoms with van der Waals surface area (Å²) < 4.78 is 10.8. The lowest BCUT2D eigenvalue weighted by atomic mass is 9.94. The number of carbonyl (C=O) groups is 3. The molecule has 1 amide bonds. The van der Waals surface area contributed by atoms with Crippen LogP contribution in [0.5, 0.6) is 5.75 Å². The van der Waals surface area contributed by atoms with E-state index in [1.54, 1.807) is 25.1 Å². The molecular formula is C28H23N3O8S. The van der Waals surface area contributed by atoms with Gasteiger partial charge in [0.25, 0.3) is 11.5 Å². The first-order chi connectivity index (χ1) is 19.1. The third-order valence-electron chi connectivity index (χ3n) is 6.54. The number of anilines is 1. The molecule has 5 rings (SSSR count). The van der Waals surface area contributed by atoms with Crippen LogP contribution < -0.4 is 9.64 Å². The fourth-order valence-corrected chi connectivity index (χ4v) is 5.71. The Kier molecular flexibility index (Phi) is 6.94. The van der Waals surface area contributed by atoms with Crippen molar-refractivity contribution in [1.29, 1.82) is 0 Å². The van der Waals surface area contributed by atoms with Gasteiger partial charge in [-0.05, 0) is 55.3 Å². The number of esters is 1. The SMILES string of the molecule is C=CCOC(=O)c1sc(N2C(=O)C(=O)C(=C(O)c3ccc4c(c3)CC(C)O4)C2c2ccc([N+](=O)[O-])cc2)nc1C. The first kappa shape index (κ1) is 26.8. The Balaban J connectivity index is 1.65. The van der Waals surface area contributed by atoms with Gasteiger partial charge in [-0.3, -0.25) is 24.6 Å². The molecular weight excluding hydrogens is 538 g/mol. The number of nitro benzene ring substituents is 1. The number of hydrogen-bond donors (Lipinski definition) is 1. The van der Waals surface area contributed by atoms with Gasteiger partial charge in [-0.25, -0.2) is 9.78 Å². The van der Waals surface area contributed by atoms with E-state index in [0.29, 0.717) is 23.3 Å². The Hall–Kier alpha value is -4.84. The highest BCUT2D eigenvalue weighted by Gasteiger charge is 2.48. The summed E-state index contributed by atoms with van der Waals surface area (Å²) in [5.74, 6) is -2.34. The summed E-state index contributed by atoms with van der Waals surface area (Å²) in [5.41, 5.74) is 1.36. The van der Waals surface area contributed by atoms with Crippen LogP contribution in [-0.2, 0) is 20.7 Å². The van der Waals surface area contributed by atoms with Gasteiger partial charge < -0.3 is 14.6 Å². The summed E-state index contributed by atoms with van der Waals surface area (Å²) in [4.78, 5) is 55.7. The van der Waals surface area contributed by atoms with E-state index >= 15 is 0 Å². The van der Waals surface area contributed by atoms with Gasteiger partial charge in [0, 0.05) is 24.1 Å². The van der Waals surface area contributed by atoms with Gasteiger partial charge in [0.15, 0.2) is 5.13 Å². The zero-order valence-electron chi connectivity index (χ0n) is 21.4. The Bertz CT molecular complexity index is 1610. The molecule has 0 aliphatic carbocycles. The number of nitrogens with zero attached hydrogens (tertiary/aromatic N) is 3. The molecule has 3 heterocycles. The fraction of sp³-hybridized carbons (Fsp3) is 0.214. The smallest absolute Gasteiger partial charge is 0.350 e. The molecule has 2 aromatic carbocycles. The minimum absolute atomic E-state index is 0.0244. The van der Waals surface area contributed by atoms with E-state index in [0.717, 1.165) is 21.8 Å². The maximum atomic E-state index is 13.4. The number of aliphatic hydroxyl groups excluding tert-OH is 1. The third kappa shape index (κ3) is 4.62. The lowest BCUT2D eigenvalue weighted by Gasteiger charge is -2.23. The minimum atomic E-state index is -1.17. The number of hydrogen-bond acceptors (Lipinski definition) is 10. The number of fused-ring (bicyclic) bond motifs is 1. The normalized spacial score (nSPS) is 19.3. The molecule has 2 unspecified atom stereocenters. The number of rotatable bonds is 7. The maximum absolute atomic E-state index is 13.4. The van der Waals surface area contributed by atoms with Crippen molar-refractivity contribution in [3.8, 4) is 5.75 Å². The molecule has 12 heteroatoms. The number of Topliss-reactive ketones (excluding diaryl/α,β-unsaturated/α-hetero) is 1. The molecule has 1 saturated heterocycles. The molecule has 0 radical (unpaired) electrons. The van der Waals surface area contributed by atoms with Crippen LogP contribution in [0.4, 0.5) is 10.8 Å². The van der Waals surface area contributed by atoms with Crippen LogP contribution in [0.1, 0.15) is 45.0 Å². The quantitative estimate of drug-likeness (QED) is 0.0827. The zero-order chi connectivity index (χ0) is 28.7. The third-order valence-corrected chi connectivity index (χ3v) is 7.68. The van der Waals surface area contributed by atoms with Crippen molar-refractivity contribution in [2.75, 3.05) is 11.5 Å². The number of nitro groups is 1. The number of aliphatic hydroxyl groups is 1. The summed E-state index contributed by atoms with van der Waals surface area (Å²) in [7, 11) is 0. The van der Waals surface area contributed by atoms with Crippen LogP contribution in [0.3, 0.4) is 0 Å². The second kappa shape index (κ2) is 10.4. The molecule has 1 fully saturated rings. The monoisotopic (exact) mass is 561 g/mol. The van der Waals surface area contributed by atoms with E-state index in [4.69, 9.17) is 9.47 Å². The molecule has 40 heavy (non-hydrogen) atoms. The molecule has 2 atom stereocenters. The highest BCUT2D eigenvalue weighted by Crippen LogP contribution is 2.44. The van der Waals surface area contributed by atoms with E-state index < -0.39 is 34.4 Å². The van der Waals surface area contributed by atoms with Crippen molar-refractivity contribution in [3.63, 3.8) is 0 Å². The molecule has 2 aliphatic rings. The van der Waals surface area contributed by atoms with Crippen LogP contribution in [0.25, 0.3) is 5.76 Å². The number of carbonyl (C=O) groups excluding carboxylic acids is 3. The molecule has 2 aliphatic heterocycles. The first-order valence-electron chi connectivity index (χ1n) is 12.2. The van der Waals surface area contributed by atoms with Crippen LogP contribution in [0.2, 0.25) is 0 Å². The van der Waals surface area contributed by atoms with Gasteiger partial charge in [0.05, 0.1) is 22.2 Å². The average molecular weight is 562 g/mol. The van der Waals surface area contributed by atoms with Gasteiger partial charge in [0.2, 0.25) is 0 Å². The standard InChI is InChI=1S/C28H23N3O8S/c1-4-11-38-27(35)25-15(3)29-28(40-25)30-22(16-5-8-19(9-6-16)31(36)37)21(24(33)26(30)34)23(32)17-7-10-20-18(13-17)12-14(2)39-20/h4-10,13-14,22,32H,1,11-12H2,2-3H3. The zero-order valence-corrected chi connectivity index (χ0v) is 22.3. The molecule has 204 valence electrons. The first-order valence-corrected chi connectivity index (χ1v) is 13.0. The Morgan fingerprint density at radius 2 is 2.02 bits per heavy atom. The molecule has 3 aromatic rings. The fourth-order valence-electron chi connectivity index (χ4n) is 4.72. The molecule has 1 N–H and O–H groups in total. The predicted octanol–water partition coefficient (Wildman–Crippen LogP) is 4.65. The largest absolute Gasteiger partial charge is 0.507 e. The summed E-state index contributed by atoms with van der Waals surface area (Å²) in [5, 5.41) is 22.7. The van der Waals surface area contributed by atoms with Crippen LogP contribution in [0.15, 0.2) is 60.7 Å². The van der Waals surface area contributed by atoms with E-state index in [9.17, 15) is 29.6 Å². The second-order valence-corrected chi connectivity index (χ2v) is 10.2. The van der Waals surface area contributed by atoms with E-state index in [1.807, 2.05) is 6.92 Å². The van der Waals surface area contributed by atoms with Gasteiger partial charge in [-0.2, -0.15) is 0 Å². The van der Waals surface area contributed by atoms with Crippen molar-refractivity contribution < 1.29 is 33.9 Å². The molecule has 1 aromatic heterocycles. The van der Waals surface area contributed by atoms with Gasteiger partial charge in [0.1, 0.15) is 29.1 Å². The lowest BCUT2D eigenvalue weighted by Crippen LogP contribution is -2.29. The molecule has 11 nitrogen and oxygen atoms in total. The Morgan fingerprint density at radius 1 is 1.30 bits per heavy atom. The van der Waals surface area contributed by atoms with Crippen molar-refractivity contribution in [3.05, 3.63) is 98.1 Å². The summed E-state index contributed by atoms with van der Waals surface area (Å²) in [6.45, 7) is 6.97. The van der Waals surface area contributed by atoms with Crippen molar-refractivity contribution in [2.45, 2.75) is 32.4 Å². The lowest BCUT2D eigenvalue weighted by molar-refractivity contribution is -0.384. The molecule has 0 saturated carbocycles. The van der Waals surface area contributed by atoms with Gasteiger partial charge >= 0.3 is 11.9 Å². The average Bonchev–Trinajstić information content (AvgIpc) is 3.58. The number of aromatic nitrogens is 1. The number of thiazole rings is 1. The summed E-state index contributed by atoms with van der Waals surface area (Å²) in [6, 6.07) is 9.12. The summed E-state index contributed by atoms with van der Waals surface area (Å²) in [6.07, 6.45) is 1.98. The number of aryl methyl sites for hydroxylation is 1. The highest BCUT2D eigenvalue weighted by molar-refractivity contribution is 7.17. The van der Waals surface area contributed by atoms with Gasteiger partial charge in [-0.1, -0.05) is 24.0 Å². The topological polar surface area (TPSA) is 149 Å². The number of ketones is 1. The summed E-state index contributed by atoms with van der Waals surface area (Å²) >= 11 is 0.858. The van der Waals surface area contributed by atoms with Crippen molar-refractivity contribution >= 4 is 45.6 Å². The van der Waals surface area contributed by atoms with E-state index in [2.05, 4.69) is 11.6 Å². The Morgan fingerprint density at radius 3 is 2.70 bits per heavy atom. The Labute approximate surface area is 232 Å². The number of non-ortho nitro benzene ring substituents is 1. The van der Waals surface area contributed by atoms with Gasteiger partial charge in [-0.15, -0.1) is 0 Å². The van der Waals surface area contributed by atoms with Crippen LogP contribution >= 0.6 is 11.3 Å². The number of benzene rings is 2. The molecule has 0 spiro atoms. The van der Waals surface area contributed by atoms with Crippen molar-refractivity contribution in [2.24, 2.45) is 0 Å².